The molecule has 4 aromatic rings. The van der Waals surface area contributed by atoms with Gasteiger partial charge < -0.3 is 14.0 Å². The summed E-state index contributed by atoms with van der Waals surface area (Å²) in [6.07, 6.45) is 0.0279. The molecule has 1 spiro atoms. The number of hydrogen-bond donors (Lipinski definition) is 0. The van der Waals surface area contributed by atoms with E-state index in [1.165, 1.54) is 27.8 Å². The SMILES string of the molecule is CC(C)C1OB(c2ccc3c(c2)Oc2ccccc2C32c3ccccc3-c3ccccc32)OC1(C)C. The van der Waals surface area contributed by atoms with Crippen LogP contribution >= 0.6 is 0 Å². The largest absolute Gasteiger partial charge is 0.494 e. The lowest BCUT2D eigenvalue weighted by atomic mass is 9.65. The molecule has 3 nitrogen and oxygen atoms in total. The summed E-state index contributed by atoms with van der Waals surface area (Å²) in [6, 6.07) is 32.5. The van der Waals surface area contributed by atoms with Crippen molar-refractivity contribution in [2.45, 2.75) is 44.8 Å². The summed E-state index contributed by atoms with van der Waals surface area (Å²) in [5, 5.41) is 0. The summed E-state index contributed by atoms with van der Waals surface area (Å²) in [5.74, 6) is 2.11. The normalized spacial score (nSPS) is 20.0. The van der Waals surface area contributed by atoms with E-state index in [4.69, 9.17) is 14.0 Å². The zero-order chi connectivity index (χ0) is 24.7. The summed E-state index contributed by atoms with van der Waals surface area (Å²) in [6.45, 7) is 8.60. The number of hydrogen-bond acceptors (Lipinski definition) is 3. The van der Waals surface area contributed by atoms with Gasteiger partial charge in [0, 0.05) is 11.1 Å². The predicted octanol–water partition coefficient (Wildman–Crippen LogP) is 6.70. The number of rotatable bonds is 2. The molecular formula is C32H29BO3. The molecule has 0 aromatic heterocycles. The van der Waals surface area contributed by atoms with Crippen LogP contribution in [0.25, 0.3) is 11.1 Å². The molecule has 7 rings (SSSR count). The highest BCUT2D eigenvalue weighted by Crippen LogP contribution is 2.61. The van der Waals surface area contributed by atoms with Crippen molar-refractivity contribution in [1.29, 1.82) is 0 Å². The molecule has 178 valence electrons. The van der Waals surface area contributed by atoms with Crippen molar-refractivity contribution < 1.29 is 14.0 Å². The molecule has 0 saturated carbocycles. The molecule has 1 atom stereocenters. The van der Waals surface area contributed by atoms with Gasteiger partial charge in [0.15, 0.2) is 0 Å². The van der Waals surface area contributed by atoms with Crippen LogP contribution in [0.2, 0.25) is 0 Å². The van der Waals surface area contributed by atoms with E-state index in [2.05, 4.69) is 113 Å². The van der Waals surface area contributed by atoms with Crippen molar-refractivity contribution in [3.63, 3.8) is 0 Å². The van der Waals surface area contributed by atoms with Crippen LogP contribution in [0.3, 0.4) is 0 Å². The summed E-state index contributed by atoms with van der Waals surface area (Å²) < 4.78 is 19.5. The Labute approximate surface area is 213 Å². The van der Waals surface area contributed by atoms with Crippen molar-refractivity contribution in [3.8, 4) is 22.6 Å². The van der Waals surface area contributed by atoms with Crippen LogP contribution in [0, 0.1) is 5.92 Å². The summed E-state index contributed by atoms with van der Waals surface area (Å²) in [4.78, 5) is 0. The fourth-order valence-electron chi connectivity index (χ4n) is 6.80. The van der Waals surface area contributed by atoms with Gasteiger partial charge in [0.05, 0.1) is 17.1 Å². The Bertz CT molecular complexity index is 1460. The molecular weight excluding hydrogens is 443 g/mol. The Kier molecular flexibility index (Phi) is 4.61. The fourth-order valence-corrected chi connectivity index (χ4v) is 6.80. The Hall–Kier alpha value is -3.34. The third kappa shape index (κ3) is 2.83. The van der Waals surface area contributed by atoms with Crippen molar-refractivity contribution in [1.82, 2.24) is 0 Å². The summed E-state index contributed by atoms with van der Waals surface area (Å²) >= 11 is 0. The highest BCUT2D eigenvalue weighted by Gasteiger charge is 2.52. The lowest BCUT2D eigenvalue weighted by Crippen LogP contribution is -2.37. The fraction of sp³-hybridized carbons (Fsp3) is 0.250. The average Bonchev–Trinajstić information content (AvgIpc) is 3.37. The van der Waals surface area contributed by atoms with Crippen LogP contribution in [0.5, 0.6) is 11.5 Å². The minimum Gasteiger partial charge on any atom is -0.457 e. The zero-order valence-electron chi connectivity index (χ0n) is 21.1. The van der Waals surface area contributed by atoms with Gasteiger partial charge in [0.2, 0.25) is 0 Å². The number of benzene rings is 4. The van der Waals surface area contributed by atoms with Gasteiger partial charge in [-0.05, 0) is 59.6 Å². The maximum absolute atomic E-state index is 6.61. The van der Waals surface area contributed by atoms with E-state index in [0.717, 1.165) is 22.5 Å². The molecule has 4 aromatic carbocycles. The van der Waals surface area contributed by atoms with Gasteiger partial charge >= 0.3 is 7.12 Å². The first-order valence-electron chi connectivity index (χ1n) is 12.9. The van der Waals surface area contributed by atoms with Crippen LogP contribution in [-0.2, 0) is 14.7 Å². The second kappa shape index (κ2) is 7.58. The molecule has 1 saturated heterocycles. The number of para-hydroxylation sites is 1. The van der Waals surface area contributed by atoms with Crippen LogP contribution in [-0.4, -0.2) is 18.8 Å². The van der Waals surface area contributed by atoms with E-state index >= 15 is 0 Å². The van der Waals surface area contributed by atoms with Crippen LogP contribution in [0.4, 0.5) is 0 Å². The van der Waals surface area contributed by atoms with Gasteiger partial charge in [-0.1, -0.05) is 92.7 Å². The minimum absolute atomic E-state index is 0.0279. The maximum Gasteiger partial charge on any atom is 0.494 e. The molecule has 36 heavy (non-hydrogen) atoms. The lowest BCUT2D eigenvalue weighted by molar-refractivity contribution is 0.0438. The van der Waals surface area contributed by atoms with E-state index in [1.54, 1.807) is 0 Å². The molecule has 0 N–H and O–H groups in total. The van der Waals surface area contributed by atoms with E-state index in [-0.39, 0.29) is 11.7 Å². The van der Waals surface area contributed by atoms with Crippen molar-refractivity contribution in [2.24, 2.45) is 5.92 Å². The molecule has 2 heterocycles. The van der Waals surface area contributed by atoms with Crippen molar-refractivity contribution >= 4 is 12.6 Å². The lowest BCUT2D eigenvalue weighted by Gasteiger charge is -2.39. The quantitative estimate of drug-likeness (QED) is 0.263. The third-order valence-corrected chi connectivity index (χ3v) is 8.12. The van der Waals surface area contributed by atoms with Gasteiger partial charge in [-0.3, -0.25) is 0 Å². The molecule has 0 bridgehead atoms. The van der Waals surface area contributed by atoms with Crippen molar-refractivity contribution in [2.75, 3.05) is 0 Å². The van der Waals surface area contributed by atoms with Gasteiger partial charge in [-0.15, -0.1) is 0 Å². The summed E-state index contributed by atoms with van der Waals surface area (Å²) in [5.41, 5.74) is 7.68. The van der Waals surface area contributed by atoms with E-state index in [9.17, 15) is 0 Å². The Balaban J connectivity index is 1.45. The van der Waals surface area contributed by atoms with Crippen LogP contribution < -0.4 is 10.2 Å². The van der Waals surface area contributed by atoms with Gasteiger partial charge in [-0.25, -0.2) is 0 Å². The van der Waals surface area contributed by atoms with E-state index in [1.807, 2.05) is 6.07 Å². The van der Waals surface area contributed by atoms with Crippen LogP contribution in [0.15, 0.2) is 91.0 Å². The molecule has 3 aliphatic rings. The monoisotopic (exact) mass is 472 g/mol. The second-order valence-electron chi connectivity index (χ2n) is 11.0. The highest BCUT2D eigenvalue weighted by molar-refractivity contribution is 6.62. The maximum atomic E-state index is 6.61. The van der Waals surface area contributed by atoms with Gasteiger partial charge in [0.25, 0.3) is 0 Å². The topological polar surface area (TPSA) is 27.7 Å². The molecule has 4 heteroatoms. The Morgan fingerprint density at radius 1 is 0.694 bits per heavy atom. The van der Waals surface area contributed by atoms with E-state index in [0.29, 0.717) is 5.92 Å². The highest BCUT2D eigenvalue weighted by atomic mass is 16.7. The molecule has 1 fully saturated rings. The molecule has 0 amide bonds. The first-order valence-corrected chi connectivity index (χ1v) is 12.9. The Morgan fingerprint density at radius 3 is 1.92 bits per heavy atom. The van der Waals surface area contributed by atoms with E-state index < -0.39 is 12.5 Å². The Morgan fingerprint density at radius 2 is 1.28 bits per heavy atom. The standard InChI is InChI=1S/C32H29BO3/c1-20(2)30-31(3,4)36-33(35-30)21-17-18-27-29(19-21)34-28-16-10-9-15-26(28)32(27)24-13-7-5-11-22(24)23-12-6-8-14-25(23)32/h5-20,30H,1-4H3. The number of ether oxygens (including phenoxy) is 1. The van der Waals surface area contributed by atoms with Gasteiger partial charge in [0.1, 0.15) is 11.5 Å². The minimum atomic E-state index is -0.437. The molecule has 0 radical (unpaired) electrons. The predicted molar refractivity (Wildman–Crippen MR) is 144 cm³/mol. The zero-order valence-corrected chi connectivity index (χ0v) is 21.1. The van der Waals surface area contributed by atoms with Crippen LogP contribution in [0.1, 0.15) is 49.9 Å². The smallest absolute Gasteiger partial charge is 0.457 e. The van der Waals surface area contributed by atoms with Gasteiger partial charge in [-0.2, -0.15) is 0 Å². The first-order chi connectivity index (χ1) is 17.4. The second-order valence-corrected chi connectivity index (χ2v) is 11.0. The van der Waals surface area contributed by atoms with Crippen molar-refractivity contribution in [3.05, 3.63) is 113 Å². The first kappa shape index (κ1) is 21.9. The molecule has 1 aliphatic carbocycles. The molecule has 1 unspecified atom stereocenters. The molecule has 2 aliphatic heterocycles. The number of fused-ring (bicyclic) bond motifs is 9. The average molecular weight is 472 g/mol. The summed E-state index contributed by atoms with van der Waals surface area (Å²) in [7, 11) is -0.419. The third-order valence-electron chi connectivity index (χ3n) is 8.12.